The Balaban J connectivity index is 1.74. The van der Waals surface area contributed by atoms with Gasteiger partial charge in [0.2, 0.25) is 11.8 Å². The van der Waals surface area contributed by atoms with Crippen LogP contribution >= 0.6 is 23.1 Å². The quantitative estimate of drug-likeness (QED) is 0.889. The van der Waals surface area contributed by atoms with Gasteiger partial charge in [-0.05, 0) is 25.1 Å². The molecule has 2 aromatic rings. The Morgan fingerprint density at radius 1 is 1.48 bits per heavy atom. The maximum absolute atomic E-state index is 12.3. The molecular formula is C14H15N3O2S2. The number of aryl methyl sites for hydroxylation is 1. The fourth-order valence-electron chi connectivity index (χ4n) is 2.17. The Kier molecular flexibility index (Phi) is 4.12. The summed E-state index contributed by atoms with van der Waals surface area (Å²) in [6.07, 6.45) is 0.471. The predicted molar refractivity (Wildman–Crippen MR) is 86.9 cm³/mol. The van der Waals surface area contributed by atoms with Gasteiger partial charge in [0.15, 0.2) is 0 Å². The number of rotatable bonds is 2. The minimum atomic E-state index is -0.474. The molecule has 1 aliphatic heterocycles. The maximum atomic E-state index is 12.3. The molecule has 0 unspecified atom stereocenters. The average Bonchev–Trinajstić information content (AvgIpc) is 2.66. The topological polar surface area (TPSA) is 71.1 Å². The molecule has 0 bridgehead atoms. The molecule has 1 fully saturated rings. The Morgan fingerprint density at radius 2 is 2.33 bits per heavy atom. The van der Waals surface area contributed by atoms with E-state index in [2.05, 4.69) is 15.6 Å². The molecule has 2 N–H and O–H groups in total. The molecular weight excluding hydrogens is 306 g/mol. The van der Waals surface area contributed by atoms with Gasteiger partial charge in [-0.15, -0.1) is 11.3 Å². The number of nitrogens with zero attached hydrogens (tertiary/aromatic N) is 1. The minimum absolute atomic E-state index is 0.0641. The lowest BCUT2D eigenvalue weighted by Gasteiger charge is -2.15. The lowest BCUT2D eigenvalue weighted by molar-refractivity contribution is -0.125. The highest BCUT2D eigenvalue weighted by Crippen LogP contribution is 2.24. The van der Waals surface area contributed by atoms with Crippen molar-refractivity contribution in [1.29, 1.82) is 0 Å². The first-order valence-electron chi connectivity index (χ1n) is 6.67. The molecule has 3 rings (SSSR count). The van der Waals surface area contributed by atoms with Crippen LogP contribution in [-0.2, 0) is 9.59 Å². The number of thiazole rings is 1. The highest BCUT2D eigenvalue weighted by Gasteiger charge is 2.23. The van der Waals surface area contributed by atoms with E-state index in [1.54, 1.807) is 23.1 Å². The third-order valence-electron chi connectivity index (χ3n) is 3.17. The number of amides is 2. The molecule has 0 aliphatic carbocycles. The van der Waals surface area contributed by atoms with Crippen LogP contribution in [0.3, 0.4) is 0 Å². The van der Waals surface area contributed by atoms with Crippen LogP contribution in [0.15, 0.2) is 18.2 Å². The van der Waals surface area contributed by atoms with Crippen LogP contribution < -0.4 is 10.6 Å². The lowest BCUT2D eigenvalue weighted by Crippen LogP contribution is -2.44. The third kappa shape index (κ3) is 3.36. The van der Waals surface area contributed by atoms with Crippen LogP contribution in [0.4, 0.5) is 5.69 Å². The molecule has 2 heterocycles. The van der Waals surface area contributed by atoms with Gasteiger partial charge in [0.25, 0.3) is 0 Å². The summed E-state index contributed by atoms with van der Waals surface area (Å²) in [4.78, 5) is 28.2. The van der Waals surface area contributed by atoms with E-state index in [-0.39, 0.29) is 11.8 Å². The van der Waals surface area contributed by atoms with E-state index < -0.39 is 6.04 Å². The molecule has 0 spiro atoms. The zero-order valence-corrected chi connectivity index (χ0v) is 13.1. The van der Waals surface area contributed by atoms with E-state index in [0.29, 0.717) is 17.9 Å². The second kappa shape index (κ2) is 6.03. The molecule has 1 atom stereocenters. The number of thioether (sulfide) groups is 1. The van der Waals surface area contributed by atoms with Crippen LogP contribution in [0.5, 0.6) is 0 Å². The van der Waals surface area contributed by atoms with Gasteiger partial charge in [-0.25, -0.2) is 4.98 Å². The first-order valence-corrected chi connectivity index (χ1v) is 8.64. The molecule has 110 valence electrons. The van der Waals surface area contributed by atoms with Gasteiger partial charge in [-0.2, -0.15) is 11.8 Å². The molecule has 5 nitrogen and oxygen atoms in total. The predicted octanol–water partition coefficient (Wildman–Crippen LogP) is 2.16. The summed E-state index contributed by atoms with van der Waals surface area (Å²) in [6.45, 7) is 1.96. The number of hydrogen-bond donors (Lipinski definition) is 2. The van der Waals surface area contributed by atoms with Crippen molar-refractivity contribution in [3.05, 3.63) is 23.2 Å². The van der Waals surface area contributed by atoms with Gasteiger partial charge in [0.1, 0.15) is 6.04 Å². The second-order valence-corrected chi connectivity index (χ2v) is 7.23. The van der Waals surface area contributed by atoms with Crippen molar-refractivity contribution in [1.82, 2.24) is 10.3 Å². The summed E-state index contributed by atoms with van der Waals surface area (Å²) >= 11 is 3.24. The van der Waals surface area contributed by atoms with Crippen LogP contribution in [0, 0.1) is 6.92 Å². The van der Waals surface area contributed by atoms with Gasteiger partial charge >= 0.3 is 0 Å². The first-order chi connectivity index (χ1) is 10.1. The van der Waals surface area contributed by atoms with E-state index in [0.717, 1.165) is 21.0 Å². The SMILES string of the molecule is Cc1nc2cc(NC(=O)[C@@H]3CSCCC(=O)N3)ccc2s1. The molecule has 0 saturated carbocycles. The number of anilines is 1. The zero-order chi connectivity index (χ0) is 14.8. The number of aromatic nitrogens is 1. The van der Waals surface area contributed by atoms with Crippen molar-refractivity contribution >= 4 is 50.8 Å². The minimum Gasteiger partial charge on any atom is -0.343 e. The molecule has 1 aromatic heterocycles. The fraction of sp³-hybridized carbons (Fsp3) is 0.357. The van der Waals surface area contributed by atoms with Crippen molar-refractivity contribution < 1.29 is 9.59 Å². The average molecular weight is 321 g/mol. The Morgan fingerprint density at radius 3 is 3.19 bits per heavy atom. The summed E-state index contributed by atoms with van der Waals surface area (Å²) in [5, 5.41) is 6.61. The fourth-order valence-corrected chi connectivity index (χ4v) is 3.94. The molecule has 7 heteroatoms. The van der Waals surface area contributed by atoms with Gasteiger partial charge in [-0.3, -0.25) is 9.59 Å². The monoisotopic (exact) mass is 321 g/mol. The van der Waals surface area contributed by atoms with Crippen LogP contribution in [0.2, 0.25) is 0 Å². The van der Waals surface area contributed by atoms with E-state index in [1.165, 1.54) is 0 Å². The van der Waals surface area contributed by atoms with E-state index in [4.69, 9.17) is 0 Å². The number of carbonyl (C=O) groups excluding carboxylic acids is 2. The van der Waals surface area contributed by atoms with E-state index in [1.807, 2.05) is 25.1 Å². The molecule has 2 amide bonds. The zero-order valence-electron chi connectivity index (χ0n) is 11.5. The molecule has 0 radical (unpaired) electrons. The smallest absolute Gasteiger partial charge is 0.247 e. The van der Waals surface area contributed by atoms with Crippen LogP contribution in [0.1, 0.15) is 11.4 Å². The number of nitrogens with one attached hydrogen (secondary N) is 2. The first kappa shape index (κ1) is 14.3. The molecule has 1 aromatic carbocycles. The van der Waals surface area contributed by atoms with Crippen molar-refractivity contribution in [2.75, 3.05) is 16.8 Å². The summed E-state index contributed by atoms with van der Waals surface area (Å²) in [5.41, 5.74) is 1.59. The van der Waals surface area contributed by atoms with Crippen LogP contribution in [0.25, 0.3) is 10.2 Å². The van der Waals surface area contributed by atoms with E-state index in [9.17, 15) is 9.59 Å². The van der Waals surface area contributed by atoms with Crippen molar-refractivity contribution in [3.8, 4) is 0 Å². The number of fused-ring (bicyclic) bond motifs is 1. The number of hydrogen-bond acceptors (Lipinski definition) is 5. The number of carbonyl (C=O) groups is 2. The van der Waals surface area contributed by atoms with E-state index >= 15 is 0 Å². The standard InChI is InChI=1S/C14H15N3O2S2/c1-8-15-10-6-9(2-3-12(10)21-8)16-14(19)11-7-20-5-4-13(18)17-11/h2-3,6,11H,4-5,7H2,1H3,(H,16,19)(H,17,18)/t11-/m0/s1. The Labute approximate surface area is 130 Å². The highest BCUT2D eigenvalue weighted by atomic mass is 32.2. The van der Waals surface area contributed by atoms with Gasteiger partial charge < -0.3 is 10.6 Å². The molecule has 21 heavy (non-hydrogen) atoms. The molecule has 1 saturated heterocycles. The largest absolute Gasteiger partial charge is 0.343 e. The van der Waals surface area contributed by atoms with Crippen molar-refractivity contribution in [2.45, 2.75) is 19.4 Å². The summed E-state index contributed by atoms with van der Waals surface area (Å²) in [5.74, 6) is 1.13. The number of benzene rings is 1. The van der Waals surface area contributed by atoms with Gasteiger partial charge in [0, 0.05) is 23.6 Å². The Hall–Kier alpha value is -1.60. The van der Waals surface area contributed by atoms with Gasteiger partial charge in [-0.1, -0.05) is 0 Å². The Bertz CT molecular complexity index is 699. The van der Waals surface area contributed by atoms with Crippen molar-refractivity contribution in [3.63, 3.8) is 0 Å². The van der Waals surface area contributed by atoms with Gasteiger partial charge in [0.05, 0.1) is 15.2 Å². The maximum Gasteiger partial charge on any atom is 0.247 e. The third-order valence-corrected chi connectivity index (χ3v) is 5.19. The lowest BCUT2D eigenvalue weighted by atomic mass is 10.2. The van der Waals surface area contributed by atoms with Crippen LogP contribution in [-0.4, -0.2) is 34.3 Å². The highest BCUT2D eigenvalue weighted by molar-refractivity contribution is 7.99. The summed E-state index contributed by atoms with van der Waals surface area (Å²) in [6, 6.07) is 5.21. The summed E-state index contributed by atoms with van der Waals surface area (Å²) in [7, 11) is 0. The normalized spacial score (nSPS) is 19.1. The second-order valence-electron chi connectivity index (χ2n) is 4.85. The summed E-state index contributed by atoms with van der Waals surface area (Å²) < 4.78 is 1.10. The molecule has 1 aliphatic rings. The van der Waals surface area contributed by atoms with Crippen molar-refractivity contribution in [2.24, 2.45) is 0 Å².